The van der Waals surface area contributed by atoms with Gasteiger partial charge in [-0.05, 0) is 69.6 Å². The SMILES string of the molecule is C=CCCC(NC(=O)[C@@H]1[C@@H]2C(CN1C(=O)[C@H](C1CCCCC1)N(C)C(=O)OC(C)(C)C)C2(C)C)C(=O)C(=O)NCOCC=C. The van der Waals surface area contributed by atoms with Gasteiger partial charge in [0.15, 0.2) is 0 Å². The molecule has 11 heteroatoms. The first-order chi connectivity index (χ1) is 20.7. The molecule has 0 aromatic rings. The number of fused-ring (bicyclic) bond motifs is 1. The number of amides is 4. The summed E-state index contributed by atoms with van der Waals surface area (Å²) in [5.74, 6) is -2.48. The predicted molar refractivity (Wildman–Crippen MR) is 166 cm³/mol. The van der Waals surface area contributed by atoms with Crippen molar-refractivity contribution in [1.82, 2.24) is 20.4 Å². The van der Waals surface area contributed by atoms with Gasteiger partial charge in [0.25, 0.3) is 5.91 Å². The zero-order valence-electron chi connectivity index (χ0n) is 27.4. The van der Waals surface area contributed by atoms with Gasteiger partial charge in [0, 0.05) is 13.6 Å². The normalized spacial score (nSPS) is 23.9. The van der Waals surface area contributed by atoms with Gasteiger partial charge >= 0.3 is 6.09 Å². The van der Waals surface area contributed by atoms with Crippen molar-refractivity contribution in [1.29, 1.82) is 0 Å². The molecule has 0 bridgehead atoms. The molecule has 11 nitrogen and oxygen atoms in total. The number of nitrogens with one attached hydrogen (secondary N) is 2. The highest BCUT2D eigenvalue weighted by atomic mass is 16.6. The number of Topliss-reactive ketones (excluding diaryl/α,β-unsaturated/α-hetero) is 1. The second-order valence-corrected chi connectivity index (χ2v) is 13.9. The van der Waals surface area contributed by atoms with Crippen molar-refractivity contribution in [2.24, 2.45) is 23.2 Å². The standard InChI is InChI=1S/C33H52N4O7/c1-9-11-17-23(27(38)29(40)34-20-43-18-10-2)35-28(39)26-24-22(33(24,6)7)19-37(26)30(41)25(21-15-13-12-14-16-21)36(8)31(42)44-32(3,4)5/h9-10,21-26H,1-2,11-20H2,3-8H3,(H,34,40)(H,35,39)/t22?,23?,24-,25-,26-/m0/s1. The van der Waals surface area contributed by atoms with E-state index in [0.29, 0.717) is 13.0 Å². The Kier molecular flexibility index (Phi) is 11.8. The number of carbonyl (C=O) groups is 5. The van der Waals surface area contributed by atoms with Crippen LogP contribution in [0.1, 0.15) is 79.6 Å². The third-order valence-corrected chi connectivity index (χ3v) is 9.30. The largest absolute Gasteiger partial charge is 0.444 e. The highest BCUT2D eigenvalue weighted by Crippen LogP contribution is 2.65. The van der Waals surface area contributed by atoms with Crippen LogP contribution in [0.3, 0.4) is 0 Å². The van der Waals surface area contributed by atoms with E-state index >= 15 is 0 Å². The zero-order chi connectivity index (χ0) is 32.8. The third-order valence-electron chi connectivity index (χ3n) is 9.30. The second-order valence-electron chi connectivity index (χ2n) is 13.9. The molecule has 2 saturated carbocycles. The molecule has 3 aliphatic rings. The molecule has 3 fully saturated rings. The lowest BCUT2D eigenvalue weighted by Crippen LogP contribution is -2.60. The average Bonchev–Trinajstić information content (AvgIpc) is 3.28. The van der Waals surface area contributed by atoms with E-state index < -0.39 is 47.4 Å². The third kappa shape index (κ3) is 8.28. The monoisotopic (exact) mass is 616 g/mol. The number of hydrogen-bond donors (Lipinski definition) is 2. The number of likely N-dealkylation sites (tertiary alicyclic amines) is 1. The first kappa shape index (κ1) is 35.3. The first-order valence-corrected chi connectivity index (χ1v) is 15.8. The summed E-state index contributed by atoms with van der Waals surface area (Å²) >= 11 is 0. The number of nitrogens with zero attached hydrogens (tertiary/aromatic N) is 2. The van der Waals surface area contributed by atoms with Crippen LogP contribution in [-0.4, -0.2) is 90.1 Å². The highest BCUT2D eigenvalue weighted by molar-refractivity contribution is 6.38. The Hall–Kier alpha value is -3.21. The Morgan fingerprint density at radius 1 is 1.07 bits per heavy atom. The van der Waals surface area contributed by atoms with E-state index in [1.54, 1.807) is 38.8 Å². The maximum atomic E-state index is 14.5. The Morgan fingerprint density at radius 2 is 1.73 bits per heavy atom. The number of rotatable bonds is 14. The molecule has 5 atom stereocenters. The maximum Gasteiger partial charge on any atom is 0.410 e. The van der Waals surface area contributed by atoms with Gasteiger partial charge in [-0.25, -0.2) is 4.79 Å². The molecular weight excluding hydrogens is 564 g/mol. The molecule has 246 valence electrons. The van der Waals surface area contributed by atoms with Crippen LogP contribution in [0.5, 0.6) is 0 Å². The summed E-state index contributed by atoms with van der Waals surface area (Å²) in [5, 5.41) is 5.22. The van der Waals surface area contributed by atoms with E-state index in [1.165, 1.54) is 11.0 Å². The molecule has 2 N–H and O–H groups in total. The number of likely N-dealkylation sites (N-methyl/N-ethyl adjacent to an activating group) is 1. The van der Waals surface area contributed by atoms with E-state index in [-0.39, 0.29) is 48.8 Å². The zero-order valence-corrected chi connectivity index (χ0v) is 27.4. The number of piperidine rings is 1. The van der Waals surface area contributed by atoms with Crippen LogP contribution in [-0.2, 0) is 28.7 Å². The summed E-state index contributed by atoms with van der Waals surface area (Å²) in [4.78, 5) is 70.4. The van der Waals surface area contributed by atoms with Crippen molar-refractivity contribution < 1.29 is 33.4 Å². The molecule has 2 aliphatic carbocycles. The first-order valence-electron chi connectivity index (χ1n) is 15.8. The van der Waals surface area contributed by atoms with Gasteiger partial charge < -0.3 is 25.0 Å². The Balaban J connectivity index is 1.85. The predicted octanol–water partition coefficient (Wildman–Crippen LogP) is 3.58. The van der Waals surface area contributed by atoms with Gasteiger partial charge in [0.05, 0.1) is 12.6 Å². The van der Waals surface area contributed by atoms with Crippen LogP contribution in [0.4, 0.5) is 4.79 Å². The molecule has 0 aromatic carbocycles. The summed E-state index contributed by atoms with van der Waals surface area (Å²) < 4.78 is 10.8. The van der Waals surface area contributed by atoms with Crippen LogP contribution in [0.25, 0.3) is 0 Å². The summed E-state index contributed by atoms with van der Waals surface area (Å²) in [6.45, 7) is 17.2. The maximum absolute atomic E-state index is 14.5. The molecular formula is C33H52N4O7. The van der Waals surface area contributed by atoms with Crippen LogP contribution < -0.4 is 10.6 Å². The van der Waals surface area contributed by atoms with E-state index in [0.717, 1.165) is 32.1 Å². The van der Waals surface area contributed by atoms with Gasteiger partial charge in [0.1, 0.15) is 24.4 Å². The molecule has 2 unspecified atom stereocenters. The minimum absolute atomic E-state index is 0.0589. The van der Waals surface area contributed by atoms with Gasteiger partial charge in [-0.15, -0.1) is 13.2 Å². The Morgan fingerprint density at radius 3 is 2.32 bits per heavy atom. The summed E-state index contributed by atoms with van der Waals surface area (Å²) in [6, 6.07) is -2.71. The molecule has 1 aliphatic heterocycles. The summed E-state index contributed by atoms with van der Waals surface area (Å²) in [5.41, 5.74) is -0.902. The van der Waals surface area contributed by atoms with Crippen molar-refractivity contribution in [3.8, 4) is 0 Å². The fourth-order valence-corrected chi connectivity index (χ4v) is 6.88. The lowest BCUT2D eigenvalue weighted by Gasteiger charge is -2.40. The molecule has 0 spiro atoms. The van der Waals surface area contributed by atoms with Crippen molar-refractivity contribution in [2.45, 2.75) is 103 Å². The van der Waals surface area contributed by atoms with Crippen LogP contribution in [0.15, 0.2) is 25.3 Å². The molecule has 4 amide bonds. The number of hydrogen-bond acceptors (Lipinski definition) is 7. The quantitative estimate of drug-likeness (QED) is 0.132. The molecule has 1 heterocycles. The smallest absolute Gasteiger partial charge is 0.410 e. The van der Waals surface area contributed by atoms with Crippen LogP contribution >= 0.6 is 0 Å². The molecule has 44 heavy (non-hydrogen) atoms. The topological polar surface area (TPSA) is 134 Å². The molecule has 0 aromatic heterocycles. The number of carbonyl (C=O) groups excluding carboxylic acids is 5. The van der Waals surface area contributed by atoms with Crippen LogP contribution in [0.2, 0.25) is 0 Å². The number of ketones is 1. The fraction of sp³-hybridized carbons (Fsp3) is 0.727. The molecule has 3 rings (SSSR count). The number of ether oxygens (including phenoxy) is 2. The van der Waals surface area contributed by atoms with Crippen molar-refractivity contribution in [2.75, 3.05) is 26.9 Å². The minimum Gasteiger partial charge on any atom is -0.444 e. The van der Waals surface area contributed by atoms with Gasteiger partial charge in [-0.3, -0.25) is 24.1 Å². The van der Waals surface area contributed by atoms with Gasteiger partial charge in [-0.1, -0.05) is 45.3 Å². The Bertz CT molecular complexity index is 1110. The van der Waals surface area contributed by atoms with Gasteiger partial charge in [0.2, 0.25) is 17.6 Å². The van der Waals surface area contributed by atoms with E-state index in [4.69, 9.17) is 9.47 Å². The van der Waals surface area contributed by atoms with Crippen molar-refractivity contribution >= 4 is 29.6 Å². The van der Waals surface area contributed by atoms with E-state index in [2.05, 4.69) is 37.6 Å². The molecule has 1 saturated heterocycles. The van der Waals surface area contributed by atoms with Crippen molar-refractivity contribution in [3.05, 3.63) is 25.3 Å². The minimum atomic E-state index is -1.10. The summed E-state index contributed by atoms with van der Waals surface area (Å²) in [6.07, 6.45) is 7.74. The number of allylic oxidation sites excluding steroid dienone is 1. The van der Waals surface area contributed by atoms with Crippen molar-refractivity contribution in [3.63, 3.8) is 0 Å². The van der Waals surface area contributed by atoms with E-state index in [1.807, 2.05) is 0 Å². The molecule has 0 radical (unpaired) electrons. The van der Waals surface area contributed by atoms with Gasteiger partial charge in [-0.2, -0.15) is 0 Å². The summed E-state index contributed by atoms with van der Waals surface area (Å²) in [7, 11) is 1.60. The lowest BCUT2D eigenvalue weighted by molar-refractivity contribution is -0.147. The van der Waals surface area contributed by atoms with Crippen LogP contribution in [0, 0.1) is 23.2 Å². The highest BCUT2D eigenvalue weighted by Gasteiger charge is 2.70. The lowest BCUT2D eigenvalue weighted by atomic mass is 9.82. The average molecular weight is 617 g/mol. The fourth-order valence-electron chi connectivity index (χ4n) is 6.88. The Labute approximate surface area is 262 Å². The van der Waals surface area contributed by atoms with E-state index in [9.17, 15) is 24.0 Å². The second kappa shape index (κ2) is 14.7.